The third-order valence-corrected chi connectivity index (χ3v) is 1.28. The zero-order valence-electron chi connectivity index (χ0n) is 6.72. The molecule has 0 radical (unpaired) electrons. The lowest BCUT2D eigenvalue weighted by molar-refractivity contribution is 0.399. The van der Waals surface area contributed by atoms with Crippen molar-refractivity contribution in [3.05, 3.63) is 23.7 Å². The lowest BCUT2D eigenvalue weighted by Crippen LogP contribution is -2.09. The third kappa shape index (κ3) is 1.88. The molecule has 0 aromatic carbocycles. The van der Waals surface area contributed by atoms with Crippen LogP contribution >= 0.6 is 0 Å². The molecule has 1 heterocycles. The van der Waals surface area contributed by atoms with E-state index in [9.17, 15) is 0 Å². The molecular weight excluding hydrogens is 126 g/mol. The molecule has 0 fully saturated rings. The van der Waals surface area contributed by atoms with E-state index in [1.807, 2.05) is 21.0 Å². The van der Waals surface area contributed by atoms with Crippen molar-refractivity contribution in [1.82, 2.24) is 4.90 Å². The van der Waals surface area contributed by atoms with Gasteiger partial charge in [0.25, 0.3) is 0 Å². The fourth-order valence-electron chi connectivity index (χ4n) is 0.946. The van der Waals surface area contributed by atoms with Crippen molar-refractivity contribution in [1.29, 1.82) is 0 Å². The maximum atomic E-state index is 5.14. The van der Waals surface area contributed by atoms with Gasteiger partial charge >= 0.3 is 0 Å². The predicted octanol–water partition coefficient (Wildman–Crippen LogP) is 1.65. The molecule has 0 spiro atoms. The second kappa shape index (κ2) is 2.88. The van der Waals surface area contributed by atoms with E-state index >= 15 is 0 Å². The van der Waals surface area contributed by atoms with Gasteiger partial charge in [-0.3, -0.25) is 0 Å². The van der Waals surface area contributed by atoms with Crippen LogP contribution in [0.15, 0.2) is 16.7 Å². The van der Waals surface area contributed by atoms with Gasteiger partial charge < -0.3 is 9.32 Å². The zero-order chi connectivity index (χ0) is 7.56. The minimum atomic E-state index is 0.956. The molecule has 0 amide bonds. The Kier molecular flexibility index (Phi) is 2.12. The number of hydrogen-bond donors (Lipinski definition) is 0. The van der Waals surface area contributed by atoms with Crippen LogP contribution in [-0.2, 0) is 6.54 Å². The lowest BCUT2D eigenvalue weighted by Gasteiger charge is -2.05. The van der Waals surface area contributed by atoms with Crippen LogP contribution < -0.4 is 0 Å². The van der Waals surface area contributed by atoms with Gasteiger partial charge in [0.2, 0.25) is 0 Å². The number of nitrogens with zero attached hydrogens (tertiary/aromatic N) is 1. The Balaban J connectivity index is 2.58. The molecule has 2 heteroatoms. The van der Waals surface area contributed by atoms with Crippen LogP contribution in [0.1, 0.15) is 11.3 Å². The van der Waals surface area contributed by atoms with Crippen molar-refractivity contribution in [3.63, 3.8) is 0 Å². The highest BCUT2D eigenvalue weighted by Gasteiger charge is 1.97. The topological polar surface area (TPSA) is 16.4 Å². The van der Waals surface area contributed by atoms with Crippen molar-refractivity contribution < 1.29 is 4.42 Å². The number of hydrogen-bond acceptors (Lipinski definition) is 2. The van der Waals surface area contributed by atoms with E-state index in [2.05, 4.69) is 11.0 Å². The average Bonchev–Trinajstić information content (AvgIpc) is 2.13. The molecular formula is C8H13NO. The Morgan fingerprint density at radius 2 is 2.20 bits per heavy atom. The first-order valence-electron chi connectivity index (χ1n) is 3.37. The molecule has 0 aliphatic carbocycles. The van der Waals surface area contributed by atoms with Gasteiger partial charge in [0.1, 0.15) is 5.76 Å². The monoisotopic (exact) mass is 139 g/mol. The Bertz CT molecular complexity index is 203. The SMILES string of the molecule is Cc1cc(CN(C)C)co1. The summed E-state index contributed by atoms with van der Waals surface area (Å²) in [5.74, 6) is 0.983. The molecule has 0 unspecified atom stereocenters. The normalized spacial score (nSPS) is 10.8. The molecule has 56 valence electrons. The van der Waals surface area contributed by atoms with Crippen LogP contribution in [0.2, 0.25) is 0 Å². The molecule has 0 N–H and O–H groups in total. The van der Waals surface area contributed by atoms with E-state index in [0.717, 1.165) is 12.3 Å². The Morgan fingerprint density at radius 3 is 2.60 bits per heavy atom. The first-order valence-corrected chi connectivity index (χ1v) is 3.37. The van der Waals surface area contributed by atoms with E-state index in [0.29, 0.717) is 0 Å². The highest BCUT2D eigenvalue weighted by atomic mass is 16.3. The summed E-state index contributed by atoms with van der Waals surface area (Å²) in [6.45, 7) is 2.91. The van der Waals surface area contributed by atoms with Crippen LogP contribution in [-0.4, -0.2) is 19.0 Å². The van der Waals surface area contributed by atoms with Crippen LogP contribution in [0.3, 0.4) is 0 Å². The smallest absolute Gasteiger partial charge is 0.101 e. The molecule has 10 heavy (non-hydrogen) atoms. The highest BCUT2D eigenvalue weighted by Crippen LogP contribution is 2.06. The van der Waals surface area contributed by atoms with Crippen LogP contribution in [0.5, 0.6) is 0 Å². The second-order valence-corrected chi connectivity index (χ2v) is 2.80. The van der Waals surface area contributed by atoms with Gasteiger partial charge in [0.15, 0.2) is 0 Å². The quantitative estimate of drug-likeness (QED) is 0.619. The van der Waals surface area contributed by atoms with Crippen LogP contribution in [0, 0.1) is 6.92 Å². The summed E-state index contributed by atoms with van der Waals surface area (Å²) in [5.41, 5.74) is 1.24. The Labute approximate surface area is 61.4 Å². The molecule has 0 saturated carbocycles. The van der Waals surface area contributed by atoms with Gasteiger partial charge in [-0.15, -0.1) is 0 Å². The average molecular weight is 139 g/mol. The molecule has 0 aliphatic heterocycles. The summed E-state index contributed by atoms with van der Waals surface area (Å²) in [5, 5.41) is 0. The highest BCUT2D eigenvalue weighted by molar-refractivity contribution is 5.10. The van der Waals surface area contributed by atoms with Crippen molar-refractivity contribution in [2.45, 2.75) is 13.5 Å². The Hall–Kier alpha value is -0.760. The van der Waals surface area contributed by atoms with Crippen molar-refractivity contribution >= 4 is 0 Å². The molecule has 1 aromatic heterocycles. The van der Waals surface area contributed by atoms with E-state index in [1.54, 1.807) is 6.26 Å². The minimum Gasteiger partial charge on any atom is -0.469 e. The lowest BCUT2D eigenvalue weighted by atomic mass is 10.3. The third-order valence-electron chi connectivity index (χ3n) is 1.28. The first-order chi connectivity index (χ1) is 4.68. The van der Waals surface area contributed by atoms with Crippen molar-refractivity contribution in [2.24, 2.45) is 0 Å². The van der Waals surface area contributed by atoms with Gasteiger partial charge in [0.05, 0.1) is 6.26 Å². The molecule has 0 saturated heterocycles. The van der Waals surface area contributed by atoms with Crippen LogP contribution in [0.25, 0.3) is 0 Å². The van der Waals surface area contributed by atoms with Crippen LogP contribution in [0.4, 0.5) is 0 Å². The first kappa shape index (κ1) is 7.35. The Morgan fingerprint density at radius 1 is 1.50 bits per heavy atom. The molecule has 1 rings (SSSR count). The predicted molar refractivity (Wildman–Crippen MR) is 40.8 cm³/mol. The summed E-state index contributed by atoms with van der Waals surface area (Å²) >= 11 is 0. The largest absolute Gasteiger partial charge is 0.469 e. The van der Waals surface area contributed by atoms with E-state index < -0.39 is 0 Å². The number of rotatable bonds is 2. The van der Waals surface area contributed by atoms with Gasteiger partial charge in [0, 0.05) is 12.1 Å². The summed E-state index contributed by atoms with van der Waals surface area (Å²) in [6.07, 6.45) is 1.80. The zero-order valence-corrected chi connectivity index (χ0v) is 6.72. The van der Waals surface area contributed by atoms with E-state index in [-0.39, 0.29) is 0 Å². The van der Waals surface area contributed by atoms with Gasteiger partial charge in [-0.05, 0) is 27.1 Å². The number of furan rings is 1. The maximum Gasteiger partial charge on any atom is 0.101 e. The maximum absolute atomic E-state index is 5.14. The van der Waals surface area contributed by atoms with Gasteiger partial charge in [-0.25, -0.2) is 0 Å². The summed E-state index contributed by atoms with van der Waals surface area (Å²) in [6, 6.07) is 2.06. The van der Waals surface area contributed by atoms with Crippen molar-refractivity contribution in [2.75, 3.05) is 14.1 Å². The molecule has 2 nitrogen and oxygen atoms in total. The summed E-state index contributed by atoms with van der Waals surface area (Å²) < 4.78 is 5.14. The molecule has 0 bridgehead atoms. The standard InChI is InChI=1S/C8H13NO/c1-7-4-8(6-10-7)5-9(2)3/h4,6H,5H2,1-3H3. The second-order valence-electron chi connectivity index (χ2n) is 2.80. The van der Waals surface area contributed by atoms with Crippen molar-refractivity contribution in [3.8, 4) is 0 Å². The summed E-state index contributed by atoms with van der Waals surface area (Å²) in [4.78, 5) is 2.12. The number of aryl methyl sites for hydroxylation is 1. The molecule has 0 aliphatic rings. The fourth-order valence-corrected chi connectivity index (χ4v) is 0.946. The van der Waals surface area contributed by atoms with E-state index in [1.165, 1.54) is 5.56 Å². The molecule has 0 atom stereocenters. The van der Waals surface area contributed by atoms with Gasteiger partial charge in [-0.2, -0.15) is 0 Å². The minimum absolute atomic E-state index is 0.956. The van der Waals surface area contributed by atoms with Gasteiger partial charge in [-0.1, -0.05) is 0 Å². The fraction of sp³-hybridized carbons (Fsp3) is 0.500. The molecule has 1 aromatic rings. The summed E-state index contributed by atoms with van der Waals surface area (Å²) in [7, 11) is 4.09. The van der Waals surface area contributed by atoms with E-state index in [4.69, 9.17) is 4.42 Å².